The van der Waals surface area contributed by atoms with E-state index in [1.54, 1.807) is 0 Å². The fourth-order valence-corrected chi connectivity index (χ4v) is 2.55. The molecule has 0 aliphatic carbocycles. The topological polar surface area (TPSA) is 42.4 Å². The van der Waals surface area contributed by atoms with Crippen molar-refractivity contribution in [3.8, 4) is 0 Å². The van der Waals surface area contributed by atoms with Gasteiger partial charge >= 0.3 is 6.18 Å². The second-order valence-electron chi connectivity index (χ2n) is 4.05. The first-order valence-electron chi connectivity index (χ1n) is 5.25. The second kappa shape index (κ2) is 4.91. The molecule has 3 nitrogen and oxygen atoms in total. The number of hydrogen-bond acceptors (Lipinski definition) is 4. The predicted octanol–water partition coefficient (Wildman–Crippen LogP) is 2.62. The maximum Gasteiger partial charge on any atom is 0.443 e. The quantitative estimate of drug-likeness (QED) is 0.915. The van der Waals surface area contributed by atoms with E-state index < -0.39 is 17.3 Å². The lowest BCUT2D eigenvalue weighted by Crippen LogP contribution is -2.06. The molecule has 1 aliphatic rings. The molecule has 0 radical (unpaired) electrons. The Kier molecular flexibility index (Phi) is 3.70. The molecule has 1 saturated heterocycles. The molecule has 1 aliphatic heterocycles. The third kappa shape index (κ3) is 3.17. The molecule has 2 rings (SSSR count). The Morgan fingerprint density at radius 2 is 2.35 bits per heavy atom. The number of rotatable bonds is 3. The standard InChI is InChI=1S/C10H12F3NO2S/c11-10(12,13)9-14-4-8(17-9)7(15)3-6-1-2-16-5-6/h4,6-7,15H,1-3,5H2. The molecule has 17 heavy (non-hydrogen) atoms. The largest absolute Gasteiger partial charge is 0.443 e. The zero-order valence-electron chi connectivity index (χ0n) is 8.91. The normalized spacial score (nSPS) is 22.9. The molecule has 0 aromatic carbocycles. The smallest absolute Gasteiger partial charge is 0.388 e. The number of hydrogen-bond donors (Lipinski definition) is 1. The highest BCUT2D eigenvalue weighted by Gasteiger charge is 2.35. The summed E-state index contributed by atoms with van der Waals surface area (Å²) in [6, 6.07) is 0. The molecule has 0 saturated carbocycles. The maximum atomic E-state index is 12.3. The van der Waals surface area contributed by atoms with Gasteiger partial charge in [0.15, 0.2) is 5.01 Å². The fourth-order valence-electron chi connectivity index (χ4n) is 1.77. The van der Waals surface area contributed by atoms with Crippen molar-refractivity contribution >= 4 is 11.3 Å². The van der Waals surface area contributed by atoms with Crippen molar-refractivity contribution in [1.82, 2.24) is 4.98 Å². The van der Waals surface area contributed by atoms with Crippen LogP contribution in [0.15, 0.2) is 6.20 Å². The zero-order chi connectivity index (χ0) is 12.5. The summed E-state index contributed by atoms with van der Waals surface area (Å²) in [5.74, 6) is 0.224. The van der Waals surface area contributed by atoms with Crippen molar-refractivity contribution in [1.29, 1.82) is 0 Å². The van der Waals surface area contributed by atoms with Crippen molar-refractivity contribution in [2.45, 2.75) is 25.1 Å². The van der Waals surface area contributed by atoms with E-state index in [-0.39, 0.29) is 10.8 Å². The lowest BCUT2D eigenvalue weighted by molar-refractivity contribution is -0.137. The fraction of sp³-hybridized carbons (Fsp3) is 0.700. The van der Waals surface area contributed by atoms with Crippen molar-refractivity contribution < 1.29 is 23.0 Å². The molecule has 2 unspecified atom stereocenters. The number of halogens is 3. The molecular formula is C10H12F3NO2S. The molecule has 2 atom stereocenters. The van der Waals surface area contributed by atoms with E-state index in [9.17, 15) is 18.3 Å². The van der Waals surface area contributed by atoms with Crippen LogP contribution in [0.2, 0.25) is 0 Å². The monoisotopic (exact) mass is 267 g/mol. The van der Waals surface area contributed by atoms with Gasteiger partial charge in [0.25, 0.3) is 0 Å². The lowest BCUT2D eigenvalue weighted by atomic mass is 10.0. The van der Waals surface area contributed by atoms with Gasteiger partial charge in [0.1, 0.15) is 0 Å². The molecule has 1 fully saturated rings. The SMILES string of the molecule is OC(CC1CCOC1)c1cnc(C(F)(F)F)s1. The minimum atomic E-state index is -4.43. The average molecular weight is 267 g/mol. The summed E-state index contributed by atoms with van der Waals surface area (Å²) in [7, 11) is 0. The van der Waals surface area contributed by atoms with Crippen molar-refractivity contribution in [2.75, 3.05) is 13.2 Å². The highest BCUT2D eigenvalue weighted by molar-refractivity contribution is 7.11. The summed E-state index contributed by atoms with van der Waals surface area (Å²) in [4.78, 5) is 3.55. The molecule has 1 aromatic rings. The number of alkyl halides is 3. The van der Waals surface area contributed by atoms with Crippen molar-refractivity contribution in [2.24, 2.45) is 5.92 Å². The molecule has 0 spiro atoms. The summed E-state index contributed by atoms with van der Waals surface area (Å²) in [6.45, 7) is 1.23. The second-order valence-corrected chi connectivity index (χ2v) is 5.11. The third-order valence-corrected chi connectivity index (χ3v) is 3.82. The van der Waals surface area contributed by atoms with Gasteiger partial charge in [-0.15, -0.1) is 11.3 Å². The van der Waals surface area contributed by atoms with E-state index in [4.69, 9.17) is 4.74 Å². The first-order chi connectivity index (χ1) is 7.97. The van der Waals surface area contributed by atoms with Crippen LogP contribution >= 0.6 is 11.3 Å². The van der Waals surface area contributed by atoms with E-state index in [2.05, 4.69) is 4.98 Å². The van der Waals surface area contributed by atoms with E-state index in [1.165, 1.54) is 0 Å². The number of aliphatic hydroxyl groups excluding tert-OH is 1. The Morgan fingerprint density at radius 1 is 1.59 bits per heavy atom. The van der Waals surface area contributed by atoms with Crippen LogP contribution in [0.5, 0.6) is 0 Å². The number of ether oxygens (including phenoxy) is 1. The van der Waals surface area contributed by atoms with Gasteiger partial charge in [-0.05, 0) is 18.8 Å². The molecule has 1 aromatic heterocycles. The molecule has 96 valence electrons. The molecule has 0 bridgehead atoms. The van der Waals surface area contributed by atoms with Gasteiger partial charge in [0, 0.05) is 19.4 Å². The van der Waals surface area contributed by atoms with Crippen LogP contribution in [0.25, 0.3) is 0 Å². The molecule has 2 heterocycles. The van der Waals surface area contributed by atoms with Gasteiger partial charge in [-0.1, -0.05) is 0 Å². The first kappa shape index (κ1) is 12.8. The van der Waals surface area contributed by atoms with Crippen LogP contribution in [-0.4, -0.2) is 23.3 Å². The average Bonchev–Trinajstić information content (AvgIpc) is 2.85. The van der Waals surface area contributed by atoms with Crippen LogP contribution in [0.1, 0.15) is 28.8 Å². The highest BCUT2D eigenvalue weighted by atomic mass is 32.1. The Bertz CT molecular complexity index is 374. The Labute approximate surface area is 100 Å². The van der Waals surface area contributed by atoms with Gasteiger partial charge in [-0.2, -0.15) is 13.2 Å². The summed E-state index contributed by atoms with van der Waals surface area (Å²) < 4.78 is 42.1. The minimum Gasteiger partial charge on any atom is -0.388 e. The van der Waals surface area contributed by atoms with E-state index in [0.29, 0.717) is 31.0 Å². The summed E-state index contributed by atoms with van der Waals surface area (Å²) in [5, 5.41) is 8.90. The number of aromatic nitrogens is 1. The van der Waals surface area contributed by atoms with Crippen LogP contribution in [0.4, 0.5) is 13.2 Å². The van der Waals surface area contributed by atoms with E-state index >= 15 is 0 Å². The van der Waals surface area contributed by atoms with Gasteiger partial charge in [0.2, 0.25) is 0 Å². The van der Waals surface area contributed by atoms with Crippen LogP contribution < -0.4 is 0 Å². The number of nitrogens with zero attached hydrogens (tertiary/aromatic N) is 1. The van der Waals surface area contributed by atoms with Gasteiger partial charge < -0.3 is 9.84 Å². The van der Waals surface area contributed by atoms with Gasteiger partial charge in [0.05, 0.1) is 11.0 Å². The summed E-state index contributed by atoms with van der Waals surface area (Å²) in [5.41, 5.74) is 0. The molecular weight excluding hydrogens is 255 g/mol. The molecule has 1 N–H and O–H groups in total. The predicted molar refractivity (Wildman–Crippen MR) is 55.6 cm³/mol. The van der Waals surface area contributed by atoms with E-state index in [1.807, 2.05) is 0 Å². The van der Waals surface area contributed by atoms with E-state index in [0.717, 1.165) is 12.6 Å². The van der Waals surface area contributed by atoms with Crippen molar-refractivity contribution in [3.63, 3.8) is 0 Å². The van der Waals surface area contributed by atoms with Crippen molar-refractivity contribution in [3.05, 3.63) is 16.1 Å². The lowest BCUT2D eigenvalue weighted by Gasteiger charge is -2.12. The summed E-state index contributed by atoms with van der Waals surface area (Å²) in [6.07, 6.45) is -2.93. The zero-order valence-corrected chi connectivity index (χ0v) is 9.72. The Morgan fingerprint density at radius 3 is 2.88 bits per heavy atom. The maximum absolute atomic E-state index is 12.3. The Balaban J connectivity index is 1.99. The minimum absolute atomic E-state index is 0.224. The first-order valence-corrected chi connectivity index (χ1v) is 6.07. The number of aliphatic hydroxyl groups is 1. The third-order valence-electron chi connectivity index (χ3n) is 2.68. The van der Waals surface area contributed by atoms with Crippen LogP contribution in [0, 0.1) is 5.92 Å². The molecule has 0 amide bonds. The van der Waals surface area contributed by atoms with Crippen LogP contribution in [0.3, 0.4) is 0 Å². The van der Waals surface area contributed by atoms with Crippen LogP contribution in [-0.2, 0) is 10.9 Å². The Hall–Kier alpha value is -0.660. The number of thiazole rings is 1. The summed E-state index contributed by atoms with van der Waals surface area (Å²) >= 11 is 0.504. The van der Waals surface area contributed by atoms with Gasteiger partial charge in [-0.25, -0.2) is 4.98 Å². The van der Waals surface area contributed by atoms with Gasteiger partial charge in [-0.3, -0.25) is 0 Å². The highest BCUT2D eigenvalue weighted by Crippen LogP contribution is 2.36. The molecule has 7 heteroatoms.